The van der Waals surface area contributed by atoms with Gasteiger partial charge in [-0.1, -0.05) is 0 Å². The van der Waals surface area contributed by atoms with Crippen LogP contribution in [0.25, 0.3) is 11.0 Å². The number of hydrogen-bond acceptors (Lipinski definition) is 6. The molecule has 0 saturated heterocycles. The summed E-state index contributed by atoms with van der Waals surface area (Å²) in [6.07, 6.45) is 0. The van der Waals surface area contributed by atoms with Crippen molar-refractivity contribution in [3.8, 4) is 11.5 Å². The summed E-state index contributed by atoms with van der Waals surface area (Å²) < 4.78 is 26.3. The summed E-state index contributed by atoms with van der Waals surface area (Å²) in [5.74, 6) is 1.14. The van der Waals surface area contributed by atoms with Gasteiger partial charge >= 0.3 is 5.63 Å². The van der Waals surface area contributed by atoms with Crippen LogP contribution in [0.15, 0.2) is 33.5 Å². The highest BCUT2D eigenvalue weighted by atomic mass is 16.5. The molecule has 2 aromatic rings. The van der Waals surface area contributed by atoms with Gasteiger partial charge in [-0.25, -0.2) is 4.79 Å². The van der Waals surface area contributed by atoms with E-state index in [1.165, 1.54) is 6.07 Å². The van der Waals surface area contributed by atoms with Crippen LogP contribution in [-0.2, 0) is 9.47 Å². The van der Waals surface area contributed by atoms with Crippen molar-refractivity contribution in [3.05, 3.63) is 34.7 Å². The van der Waals surface area contributed by atoms with Gasteiger partial charge < -0.3 is 23.4 Å². The quantitative estimate of drug-likeness (QED) is 0.547. The van der Waals surface area contributed by atoms with Crippen molar-refractivity contribution < 1.29 is 23.4 Å². The molecule has 0 atom stereocenters. The van der Waals surface area contributed by atoms with Gasteiger partial charge in [-0.05, 0) is 6.07 Å². The standard InChI is InChI=1S/C15H18O6/c1-17-5-7-19-11-9-13(20-8-6-18-2)12-3-4-15(16)21-14(12)10-11/h3-4,9-10H,5-8H2,1-2H3. The summed E-state index contributed by atoms with van der Waals surface area (Å²) in [6.45, 7) is 1.73. The molecule has 0 aliphatic rings. The second-order valence-corrected chi connectivity index (χ2v) is 4.27. The van der Waals surface area contributed by atoms with Crippen LogP contribution in [0.2, 0.25) is 0 Å². The summed E-state index contributed by atoms with van der Waals surface area (Å²) in [6, 6.07) is 6.45. The minimum Gasteiger partial charge on any atom is -0.491 e. The van der Waals surface area contributed by atoms with Crippen molar-refractivity contribution in [2.75, 3.05) is 40.6 Å². The average molecular weight is 294 g/mol. The molecular weight excluding hydrogens is 276 g/mol. The lowest BCUT2D eigenvalue weighted by Gasteiger charge is -2.11. The van der Waals surface area contributed by atoms with Crippen LogP contribution in [0.4, 0.5) is 0 Å². The van der Waals surface area contributed by atoms with Crippen LogP contribution in [0.5, 0.6) is 11.5 Å². The van der Waals surface area contributed by atoms with Crippen molar-refractivity contribution in [2.45, 2.75) is 0 Å². The molecule has 0 spiro atoms. The van der Waals surface area contributed by atoms with E-state index in [-0.39, 0.29) is 0 Å². The van der Waals surface area contributed by atoms with Crippen molar-refractivity contribution in [1.82, 2.24) is 0 Å². The zero-order valence-corrected chi connectivity index (χ0v) is 12.1. The van der Waals surface area contributed by atoms with Crippen LogP contribution in [0.3, 0.4) is 0 Å². The SMILES string of the molecule is COCCOc1cc(OCCOC)c2ccc(=O)oc2c1. The Hall–Kier alpha value is -2.05. The van der Waals surface area contributed by atoms with Crippen LogP contribution in [-0.4, -0.2) is 40.6 Å². The fraction of sp³-hybridized carbons (Fsp3) is 0.400. The van der Waals surface area contributed by atoms with Gasteiger partial charge in [0.05, 0.1) is 18.6 Å². The van der Waals surface area contributed by atoms with E-state index >= 15 is 0 Å². The van der Waals surface area contributed by atoms with Crippen LogP contribution in [0.1, 0.15) is 0 Å². The topological polar surface area (TPSA) is 67.1 Å². The number of ether oxygens (including phenoxy) is 4. The van der Waals surface area contributed by atoms with Gasteiger partial charge in [-0.3, -0.25) is 0 Å². The minimum absolute atomic E-state index is 0.395. The monoisotopic (exact) mass is 294 g/mol. The molecule has 0 N–H and O–H groups in total. The van der Waals surface area contributed by atoms with Crippen LogP contribution < -0.4 is 15.1 Å². The molecule has 0 aliphatic carbocycles. The number of rotatable bonds is 8. The molecule has 114 valence electrons. The maximum Gasteiger partial charge on any atom is 0.336 e. The zero-order valence-electron chi connectivity index (χ0n) is 12.1. The van der Waals surface area contributed by atoms with Gasteiger partial charge in [0.1, 0.15) is 30.3 Å². The third-order valence-corrected chi connectivity index (χ3v) is 2.78. The van der Waals surface area contributed by atoms with E-state index in [2.05, 4.69) is 0 Å². The van der Waals surface area contributed by atoms with Gasteiger partial charge in [0.25, 0.3) is 0 Å². The van der Waals surface area contributed by atoms with E-state index in [0.29, 0.717) is 48.9 Å². The molecule has 0 amide bonds. The fourth-order valence-electron chi connectivity index (χ4n) is 1.80. The predicted octanol–water partition coefficient (Wildman–Crippen LogP) is 1.84. The smallest absolute Gasteiger partial charge is 0.336 e. The first-order valence-electron chi connectivity index (χ1n) is 6.56. The summed E-state index contributed by atoms with van der Waals surface area (Å²) in [5, 5.41) is 0.713. The molecule has 0 saturated carbocycles. The molecule has 1 aromatic heterocycles. The van der Waals surface area contributed by atoms with Crippen LogP contribution >= 0.6 is 0 Å². The lowest BCUT2D eigenvalue weighted by Crippen LogP contribution is -2.07. The second kappa shape index (κ2) is 7.66. The molecule has 0 radical (unpaired) electrons. The van der Waals surface area contributed by atoms with Crippen molar-refractivity contribution in [3.63, 3.8) is 0 Å². The first-order chi connectivity index (χ1) is 10.2. The van der Waals surface area contributed by atoms with Crippen molar-refractivity contribution in [2.24, 2.45) is 0 Å². The van der Waals surface area contributed by atoms with Gasteiger partial charge in [-0.15, -0.1) is 0 Å². The molecule has 1 aromatic carbocycles. The third-order valence-electron chi connectivity index (χ3n) is 2.78. The molecule has 6 nitrogen and oxygen atoms in total. The Morgan fingerprint density at radius 3 is 2.38 bits per heavy atom. The van der Waals surface area contributed by atoms with E-state index in [1.807, 2.05) is 0 Å². The Balaban J connectivity index is 2.30. The first-order valence-corrected chi connectivity index (χ1v) is 6.56. The summed E-state index contributed by atoms with van der Waals surface area (Å²) >= 11 is 0. The first kappa shape index (κ1) is 15.3. The Kier molecular flexibility index (Phi) is 5.59. The minimum atomic E-state index is -0.417. The van der Waals surface area contributed by atoms with E-state index in [1.54, 1.807) is 32.4 Å². The van der Waals surface area contributed by atoms with E-state index in [4.69, 9.17) is 23.4 Å². The summed E-state index contributed by atoms with van der Waals surface area (Å²) in [5.41, 5.74) is 0.00390. The number of fused-ring (bicyclic) bond motifs is 1. The van der Waals surface area contributed by atoms with Crippen molar-refractivity contribution in [1.29, 1.82) is 0 Å². The second-order valence-electron chi connectivity index (χ2n) is 4.27. The third kappa shape index (κ3) is 4.21. The molecule has 0 unspecified atom stereocenters. The number of methoxy groups -OCH3 is 2. The molecule has 1 heterocycles. The van der Waals surface area contributed by atoms with Crippen LogP contribution in [0, 0.1) is 0 Å². The average Bonchev–Trinajstić information content (AvgIpc) is 2.47. The molecule has 0 bridgehead atoms. The maximum atomic E-state index is 11.3. The molecule has 0 aliphatic heterocycles. The van der Waals surface area contributed by atoms with E-state index in [9.17, 15) is 4.79 Å². The fourth-order valence-corrected chi connectivity index (χ4v) is 1.80. The van der Waals surface area contributed by atoms with Gasteiger partial charge in [0, 0.05) is 32.4 Å². The van der Waals surface area contributed by atoms with Crippen molar-refractivity contribution >= 4 is 11.0 Å². The molecule has 2 rings (SSSR count). The highest BCUT2D eigenvalue weighted by Gasteiger charge is 2.09. The van der Waals surface area contributed by atoms with E-state index in [0.717, 1.165) is 0 Å². The molecular formula is C15H18O6. The molecule has 0 fully saturated rings. The number of hydrogen-bond donors (Lipinski definition) is 0. The lowest BCUT2D eigenvalue weighted by atomic mass is 10.2. The van der Waals surface area contributed by atoms with Gasteiger partial charge in [0.2, 0.25) is 0 Å². The Morgan fingerprint density at radius 2 is 1.67 bits per heavy atom. The summed E-state index contributed by atoms with van der Waals surface area (Å²) in [7, 11) is 3.20. The molecule has 21 heavy (non-hydrogen) atoms. The normalized spacial score (nSPS) is 10.8. The number of benzene rings is 1. The Bertz CT molecular complexity index is 634. The maximum absolute atomic E-state index is 11.3. The lowest BCUT2D eigenvalue weighted by molar-refractivity contribution is 0.143. The summed E-state index contributed by atoms with van der Waals surface area (Å²) in [4.78, 5) is 11.3. The largest absolute Gasteiger partial charge is 0.491 e. The van der Waals surface area contributed by atoms with Gasteiger partial charge in [0.15, 0.2) is 0 Å². The Morgan fingerprint density at radius 1 is 0.952 bits per heavy atom. The predicted molar refractivity (Wildman–Crippen MR) is 77.2 cm³/mol. The Labute approximate surface area is 122 Å². The zero-order chi connectivity index (χ0) is 15.1. The molecule has 6 heteroatoms. The highest BCUT2D eigenvalue weighted by Crippen LogP contribution is 2.30. The van der Waals surface area contributed by atoms with Gasteiger partial charge in [-0.2, -0.15) is 0 Å². The van der Waals surface area contributed by atoms with E-state index < -0.39 is 5.63 Å². The highest BCUT2D eigenvalue weighted by molar-refractivity contribution is 5.85.